The van der Waals surface area contributed by atoms with Crippen LogP contribution in [0.15, 0.2) is 24.3 Å². The van der Waals surface area contributed by atoms with Gasteiger partial charge in [-0.1, -0.05) is 6.07 Å². The summed E-state index contributed by atoms with van der Waals surface area (Å²) in [4.78, 5) is 16.9. The lowest BCUT2D eigenvalue weighted by Crippen LogP contribution is -2.39. The predicted octanol–water partition coefficient (Wildman–Crippen LogP) is 1.63. The number of benzene rings is 1. The van der Waals surface area contributed by atoms with E-state index in [-0.39, 0.29) is 18.1 Å². The maximum atomic E-state index is 12.1. The maximum Gasteiger partial charge on any atom is 0.251 e. The van der Waals surface area contributed by atoms with E-state index in [1.807, 2.05) is 12.1 Å². The van der Waals surface area contributed by atoms with E-state index < -0.39 is 0 Å². The lowest BCUT2D eigenvalue weighted by molar-refractivity contribution is 0.0217. The van der Waals surface area contributed by atoms with Crippen molar-refractivity contribution in [3.05, 3.63) is 29.8 Å². The van der Waals surface area contributed by atoms with Crippen LogP contribution in [0.5, 0.6) is 5.75 Å². The molecule has 0 aromatic heterocycles. The first-order valence-corrected chi connectivity index (χ1v) is 6.53. The second-order valence-corrected chi connectivity index (χ2v) is 4.82. The van der Waals surface area contributed by atoms with Crippen molar-refractivity contribution in [2.45, 2.75) is 37.8 Å². The lowest BCUT2D eigenvalue weighted by atomic mass is 9.93. The fourth-order valence-corrected chi connectivity index (χ4v) is 2.38. The standard InChI is InChI=1S/C14H20N2O3/c1-18-13-4-2-3-10(9-13)14(17)16-11-5-7-12(19-15)8-6-11/h2-4,9,11-12H,5-8,15H2,1H3,(H,16,17). The van der Waals surface area contributed by atoms with Gasteiger partial charge in [0.05, 0.1) is 13.2 Å². The van der Waals surface area contributed by atoms with Crippen molar-refractivity contribution in [2.75, 3.05) is 7.11 Å². The van der Waals surface area contributed by atoms with Gasteiger partial charge in [0.15, 0.2) is 0 Å². The minimum absolute atomic E-state index is 0.0592. The van der Waals surface area contributed by atoms with Crippen LogP contribution < -0.4 is 16.0 Å². The number of hydrogen-bond donors (Lipinski definition) is 2. The van der Waals surface area contributed by atoms with E-state index in [0.717, 1.165) is 25.7 Å². The molecule has 0 heterocycles. The molecule has 1 fully saturated rings. The molecular weight excluding hydrogens is 244 g/mol. The Bertz CT molecular complexity index is 428. The SMILES string of the molecule is COc1cccc(C(=O)NC2CCC(ON)CC2)c1. The Kier molecular flexibility index (Phi) is 4.76. The van der Waals surface area contributed by atoms with Gasteiger partial charge >= 0.3 is 0 Å². The minimum Gasteiger partial charge on any atom is -0.497 e. The van der Waals surface area contributed by atoms with Crippen LogP contribution in [0.25, 0.3) is 0 Å². The molecule has 0 atom stereocenters. The quantitative estimate of drug-likeness (QED) is 0.811. The third-order valence-electron chi connectivity index (χ3n) is 3.53. The zero-order chi connectivity index (χ0) is 13.7. The molecule has 3 N–H and O–H groups in total. The highest BCUT2D eigenvalue weighted by molar-refractivity contribution is 5.94. The van der Waals surface area contributed by atoms with E-state index in [2.05, 4.69) is 5.32 Å². The first-order valence-electron chi connectivity index (χ1n) is 6.53. The molecule has 1 aromatic carbocycles. The topological polar surface area (TPSA) is 73.6 Å². The molecule has 1 amide bonds. The first-order chi connectivity index (χ1) is 9.22. The number of nitrogens with one attached hydrogen (secondary N) is 1. The largest absolute Gasteiger partial charge is 0.497 e. The van der Waals surface area contributed by atoms with Crippen LogP contribution in [0, 0.1) is 0 Å². The van der Waals surface area contributed by atoms with Crippen LogP contribution in [-0.4, -0.2) is 25.2 Å². The Balaban J connectivity index is 1.90. The number of ether oxygens (including phenoxy) is 1. The lowest BCUT2D eigenvalue weighted by Gasteiger charge is -2.27. The molecule has 5 heteroatoms. The highest BCUT2D eigenvalue weighted by Crippen LogP contribution is 2.21. The Morgan fingerprint density at radius 1 is 1.32 bits per heavy atom. The van der Waals surface area contributed by atoms with Crippen molar-refractivity contribution < 1.29 is 14.4 Å². The second-order valence-electron chi connectivity index (χ2n) is 4.82. The van der Waals surface area contributed by atoms with Crippen LogP contribution in [0.4, 0.5) is 0 Å². The third-order valence-corrected chi connectivity index (χ3v) is 3.53. The van der Waals surface area contributed by atoms with Crippen LogP contribution in [0.2, 0.25) is 0 Å². The summed E-state index contributed by atoms with van der Waals surface area (Å²) < 4.78 is 5.11. The molecular formula is C14H20N2O3. The van der Waals surface area contributed by atoms with Gasteiger partial charge in [0.2, 0.25) is 0 Å². The normalized spacial score (nSPS) is 22.8. The van der Waals surface area contributed by atoms with Crippen molar-refractivity contribution in [1.82, 2.24) is 5.32 Å². The monoisotopic (exact) mass is 264 g/mol. The van der Waals surface area contributed by atoms with Gasteiger partial charge in [-0.05, 0) is 43.9 Å². The van der Waals surface area contributed by atoms with E-state index >= 15 is 0 Å². The summed E-state index contributed by atoms with van der Waals surface area (Å²) in [7, 11) is 1.59. The molecule has 2 rings (SSSR count). The van der Waals surface area contributed by atoms with Crippen molar-refractivity contribution in [1.29, 1.82) is 0 Å². The zero-order valence-electron chi connectivity index (χ0n) is 11.1. The van der Waals surface area contributed by atoms with Gasteiger partial charge in [0.25, 0.3) is 5.91 Å². The van der Waals surface area contributed by atoms with Gasteiger partial charge in [-0.3, -0.25) is 4.79 Å². The smallest absolute Gasteiger partial charge is 0.251 e. The van der Waals surface area contributed by atoms with Gasteiger partial charge in [-0.2, -0.15) is 0 Å². The Morgan fingerprint density at radius 3 is 2.68 bits per heavy atom. The van der Waals surface area contributed by atoms with E-state index in [1.165, 1.54) is 0 Å². The highest BCUT2D eigenvalue weighted by Gasteiger charge is 2.22. The van der Waals surface area contributed by atoms with Gasteiger partial charge < -0.3 is 14.9 Å². The van der Waals surface area contributed by atoms with Crippen LogP contribution >= 0.6 is 0 Å². The average Bonchev–Trinajstić information content (AvgIpc) is 2.48. The molecule has 0 unspecified atom stereocenters. The van der Waals surface area contributed by atoms with Gasteiger partial charge in [0.1, 0.15) is 5.75 Å². The van der Waals surface area contributed by atoms with Gasteiger partial charge in [-0.15, -0.1) is 0 Å². The fourth-order valence-electron chi connectivity index (χ4n) is 2.38. The summed E-state index contributed by atoms with van der Waals surface area (Å²) in [6.07, 6.45) is 3.71. The molecule has 1 aliphatic rings. The number of methoxy groups -OCH3 is 1. The molecule has 1 saturated carbocycles. The molecule has 19 heavy (non-hydrogen) atoms. The first kappa shape index (κ1) is 13.8. The summed E-state index contributed by atoms with van der Waals surface area (Å²) in [5, 5.41) is 3.04. The fraction of sp³-hybridized carbons (Fsp3) is 0.500. The Hall–Kier alpha value is -1.59. The van der Waals surface area contributed by atoms with Crippen LogP contribution in [0.1, 0.15) is 36.0 Å². The number of amides is 1. The van der Waals surface area contributed by atoms with Crippen LogP contribution in [0.3, 0.4) is 0 Å². The van der Waals surface area contributed by atoms with Crippen LogP contribution in [-0.2, 0) is 4.84 Å². The number of hydrogen-bond acceptors (Lipinski definition) is 4. The molecule has 104 valence electrons. The number of carbonyl (C=O) groups is 1. The van der Waals surface area contributed by atoms with E-state index in [9.17, 15) is 4.79 Å². The average molecular weight is 264 g/mol. The molecule has 0 spiro atoms. The molecule has 0 saturated heterocycles. The predicted molar refractivity (Wildman–Crippen MR) is 71.8 cm³/mol. The second kappa shape index (κ2) is 6.54. The van der Waals surface area contributed by atoms with E-state index in [0.29, 0.717) is 11.3 Å². The van der Waals surface area contributed by atoms with Gasteiger partial charge in [-0.25, -0.2) is 5.90 Å². The zero-order valence-corrected chi connectivity index (χ0v) is 11.1. The van der Waals surface area contributed by atoms with Crippen molar-refractivity contribution in [3.8, 4) is 5.75 Å². The van der Waals surface area contributed by atoms with E-state index in [4.69, 9.17) is 15.5 Å². The Labute approximate surface area is 113 Å². The van der Waals surface area contributed by atoms with Gasteiger partial charge in [0, 0.05) is 11.6 Å². The summed E-state index contributed by atoms with van der Waals surface area (Å²) in [5.41, 5.74) is 0.622. The molecule has 1 aliphatic carbocycles. The Morgan fingerprint density at radius 2 is 2.05 bits per heavy atom. The minimum atomic E-state index is -0.0592. The van der Waals surface area contributed by atoms with Crippen molar-refractivity contribution in [3.63, 3.8) is 0 Å². The molecule has 1 aromatic rings. The summed E-state index contributed by atoms with van der Waals surface area (Å²) >= 11 is 0. The highest BCUT2D eigenvalue weighted by atomic mass is 16.6. The molecule has 5 nitrogen and oxygen atoms in total. The number of nitrogens with two attached hydrogens (primary N) is 1. The van der Waals surface area contributed by atoms with Crippen molar-refractivity contribution >= 4 is 5.91 Å². The molecule has 0 radical (unpaired) electrons. The summed E-state index contributed by atoms with van der Waals surface area (Å²) in [6.45, 7) is 0. The molecule has 0 aliphatic heterocycles. The summed E-state index contributed by atoms with van der Waals surface area (Å²) in [5.74, 6) is 5.80. The summed E-state index contributed by atoms with van der Waals surface area (Å²) in [6, 6.07) is 7.36. The maximum absolute atomic E-state index is 12.1. The third kappa shape index (κ3) is 3.68. The van der Waals surface area contributed by atoms with Crippen molar-refractivity contribution in [2.24, 2.45) is 5.90 Å². The number of carbonyl (C=O) groups excluding carboxylic acids is 1. The number of rotatable bonds is 4. The molecule has 0 bridgehead atoms. The van der Waals surface area contributed by atoms with E-state index in [1.54, 1.807) is 19.2 Å².